The van der Waals surface area contributed by atoms with Gasteiger partial charge in [-0.3, -0.25) is 0 Å². The van der Waals surface area contributed by atoms with Gasteiger partial charge in [0.05, 0.1) is 0 Å². The second-order valence-corrected chi connectivity index (χ2v) is 5.26. The van der Waals surface area contributed by atoms with Gasteiger partial charge in [-0.25, -0.2) is 14.5 Å². The Morgan fingerprint density at radius 1 is 1.19 bits per heavy atom. The lowest BCUT2D eigenvalue weighted by molar-refractivity contribution is 0.0847. The topological polar surface area (TPSA) is 58.6 Å². The number of ether oxygens (including phenoxy) is 1. The summed E-state index contributed by atoms with van der Waals surface area (Å²) in [6.45, 7) is 0.180. The van der Waals surface area contributed by atoms with E-state index in [2.05, 4.69) is 5.32 Å². The number of urea groups is 1. The van der Waals surface area contributed by atoms with Crippen molar-refractivity contribution in [2.24, 2.45) is 0 Å². The summed E-state index contributed by atoms with van der Waals surface area (Å²) in [5.74, 6) is 0. The van der Waals surface area contributed by atoms with E-state index in [1.807, 2.05) is 30.3 Å². The number of amides is 3. The van der Waals surface area contributed by atoms with Gasteiger partial charge in [-0.15, -0.1) is 0 Å². The monoisotopic (exact) mass is 290 g/mol. The Balaban J connectivity index is 1.98. The molecular formula is C16H22N2O3. The zero-order valence-corrected chi connectivity index (χ0v) is 12.4. The minimum atomic E-state index is -0.565. The molecule has 0 bridgehead atoms. The second-order valence-electron chi connectivity index (χ2n) is 5.26. The highest BCUT2D eigenvalue weighted by molar-refractivity contribution is 5.91. The van der Waals surface area contributed by atoms with Gasteiger partial charge < -0.3 is 10.1 Å². The number of carbonyl (C=O) groups is 2. The number of hydrogen-bond acceptors (Lipinski definition) is 3. The third kappa shape index (κ3) is 4.21. The highest BCUT2D eigenvalue weighted by Crippen LogP contribution is 2.23. The third-order valence-electron chi connectivity index (χ3n) is 3.77. The first kappa shape index (κ1) is 15.4. The first-order valence-corrected chi connectivity index (χ1v) is 7.44. The van der Waals surface area contributed by atoms with Crippen LogP contribution in [-0.2, 0) is 11.3 Å². The molecule has 2 rings (SSSR count). The summed E-state index contributed by atoms with van der Waals surface area (Å²) >= 11 is 0. The molecule has 1 aliphatic carbocycles. The summed E-state index contributed by atoms with van der Waals surface area (Å²) in [4.78, 5) is 25.5. The summed E-state index contributed by atoms with van der Waals surface area (Å²) in [6.07, 6.45) is 4.40. The van der Waals surface area contributed by atoms with Crippen molar-refractivity contribution in [2.75, 3.05) is 7.05 Å². The van der Waals surface area contributed by atoms with Gasteiger partial charge in [0.2, 0.25) is 0 Å². The molecule has 1 fully saturated rings. The molecule has 114 valence electrons. The Morgan fingerprint density at radius 2 is 1.86 bits per heavy atom. The maximum absolute atomic E-state index is 12.3. The van der Waals surface area contributed by atoms with Crippen molar-refractivity contribution in [3.8, 4) is 0 Å². The minimum Gasteiger partial charge on any atom is -0.444 e. The Kier molecular flexibility index (Phi) is 5.60. The van der Waals surface area contributed by atoms with Crippen molar-refractivity contribution in [3.05, 3.63) is 35.9 Å². The summed E-state index contributed by atoms with van der Waals surface area (Å²) < 4.78 is 5.29. The molecule has 0 heterocycles. The molecule has 3 amide bonds. The molecule has 1 aromatic carbocycles. The Morgan fingerprint density at radius 3 is 2.48 bits per heavy atom. The predicted octanol–water partition coefficient (Wildman–Crippen LogP) is 3.30. The van der Waals surface area contributed by atoms with E-state index in [0.29, 0.717) is 0 Å². The normalized spacial score (nSPS) is 15.3. The van der Waals surface area contributed by atoms with Crippen LogP contribution in [0.1, 0.15) is 37.7 Å². The van der Waals surface area contributed by atoms with Crippen molar-refractivity contribution < 1.29 is 14.3 Å². The van der Waals surface area contributed by atoms with Crippen molar-refractivity contribution in [1.82, 2.24) is 10.2 Å². The summed E-state index contributed by atoms with van der Waals surface area (Å²) in [5.41, 5.74) is 0.909. The fraction of sp³-hybridized carbons (Fsp3) is 0.500. The van der Waals surface area contributed by atoms with Gasteiger partial charge in [-0.2, -0.15) is 0 Å². The SMILES string of the molecule is CNC(=O)N(C(=O)OCc1ccccc1)C1CCCCC1. The van der Waals surface area contributed by atoms with E-state index in [1.54, 1.807) is 0 Å². The average molecular weight is 290 g/mol. The maximum atomic E-state index is 12.3. The van der Waals surface area contributed by atoms with Crippen LogP contribution < -0.4 is 5.32 Å². The van der Waals surface area contributed by atoms with E-state index in [4.69, 9.17) is 4.74 Å². The second kappa shape index (κ2) is 7.67. The number of rotatable bonds is 3. The number of nitrogens with zero attached hydrogens (tertiary/aromatic N) is 1. The van der Waals surface area contributed by atoms with Crippen LogP contribution >= 0.6 is 0 Å². The molecule has 0 atom stereocenters. The Bertz CT molecular complexity index is 470. The van der Waals surface area contributed by atoms with Crippen LogP contribution in [0, 0.1) is 0 Å². The molecule has 1 aliphatic rings. The molecule has 0 spiro atoms. The Labute approximate surface area is 125 Å². The lowest BCUT2D eigenvalue weighted by Crippen LogP contribution is -2.49. The van der Waals surface area contributed by atoms with E-state index in [9.17, 15) is 9.59 Å². The van der Waals surface area contributed by atoms with Crippen LogP contribution in [-0.4, -0.2) is 30.1 Å². The van der Waals surface area contributed by atoms with Gasteiger partial charge in [-0.1, -0.05) is 49.6 Å². The first-order valence-electron chi connectivity index (χ1n) is 7.44. The Hall–Kier alpha value is -2.04. The van der Waals surface area contributed by atoms with Gasteiger partial charge in [0.15, 0.2) is 0 Å². The maximum Gasteiger partial charge on any atom is 0.418 e. The van der Waals surface area contributed by atoms with E-state index in [0.717, 1.165) is 37.7 Å². The zero-order chi connectivity index (χ0) is 15.1. The van der Waals surface area contributed by atoms with Crippen LogP contribution in [0.2, 0.25) is 0 Å². The van der Waals surface area contributed by atoms with Gasteiger partial charge in [0.1, 0.15) is 6.61 Å². The van der Waals surface area contributed by atoms with E-state index in [1.165, 1.54) is 11.9 Å². The van der Waals surface area contributed by atoms with Crippen LogP contribution in [0.3, 0.4) is 0 Å². The van der Waals surface area contributed by atoms with Gasteiger partial charge in [-0.05, 0) is 18.4 Å². The van der Waals surface area contributed by atoms with E-state index >= 15 is 0 Å². The average Bonchev–Trinajstić information content (AvgIpc) is 2.55. The van der Waals surface area contributed by atoms with Crippen molar-refractivity contribution >= 4 is 12.1 Å². The molecule has 21 heavy (non-hydrogen) atoms. The third-order valence-corrected chi connectivity index (χ3v) is 3.77. The fourth-order valence-electron chi connectivity index (χ4n) is 2.65. The fourth-order valence-corrected chi connectivity index (χ4v) is 2.65. The molecule has 0 unspecified atom stereocenters. The van der Waals surface area contributed by atoms with Crippen LogP contribution in [0.15, 0.2) is 30.3 Å². The number of hydrogen-bond donors (Lipinski definition) is 1. The molecule has 0 saturated heterocycles. The summed E-state index contributed by atoms with van der Waals surface area (Å²) in [6, 6.07) is 9.02. The van der Waals surface area contributed by atoms with E-state index in [-0.39, 0.29) is 18.7 Å². The standard InChI is InChI=1S/C16H22N2O3/c1-17-15(19)18(14-10-6-3-7-11-14)16(20)21-12-13-8-4-2-5-9-13/h2,4-5,8-9,14H,3,6-7,10-12H2,1H3,(H,17,19). The van der Waals surface area contributed by atoms with Gasteiger partial charge in [0, 0.05) is 13.1 Å². The van der Waals surface area contributed by atoms with Gasteiger partial charge in [0.25, 0.3) is 0 Å². The largest absolute Gasteiger partial charge is 0.444 e. The quantitative estimate of drug-likeness (QED) is 0.929. The molecule has 1 aromatic rings. The number of nitrogens with one attached hydrogen (secondary N) is 1. The molecule has 5 nitrogen and oxygen atoms in total. The number of carbonyl (C=O) groups excluding carboxylic acids is 2. The number of imide groups is 1. The predicted molar refractivity (Wildman–Crippen MR) is 79.8 cm³/mol. The molecule has 0 aliphatic heterocycles. The van der Waals surface area contributed by atoms with Gasteiger partial charge >= 0.3 is 12.1 Å². The van der Waals surface area contributed by atoms with Crippen LogP contribution in [0.4, 0.5) is 9.59 Å². The van der Waals surface area contributed by atoms with Crippen molar-refractivity contribution in [1.29, 1.82) is 0 Å². The zero-order valence-electron chi connectivity index (χ0n) is 12.4. The minimum absolute atomic E-state index is 0.0537. The lowest BCUT2D eigenvalue weighted by Gasteiger charge is -2.31. The number of benzene rings is 1. The first-order chi connectivity index (χ1) is 10.2. The highest BCUT2D eigenvalue weighted by atomic mass is 16.6. The summed E-state index contributed by atoms with van der Waals surface area (Å²) in [7, 11) is 1.53. The van der Waals surface area contributed by atoms with Crippen LogP contribution in [0.5, 0.6) is 0 Å². The highest BCUT2D eigenvalue weighted by Gasteiger charge is 2.31. The molecule has 0 aromatic heterocycles. The molecule has 1 N–H and O–H groups in total. The lowest BCUT2D eigenvalue weighted by atomic mass is 9.94. The van der Waals surface area contributed by atoms with E-state index < -0.39 is 6.09 Å². The molecule has 0 radical (unpaired) electrons. The molecule has 5 heteroatoms. The summed E-state index contributed by atoms with van der Waals surface area (Å²) in [5, 5.41) is 2.53. The van der Waals surface area contributed by atoms with Crippen molar-refractivity contribution in [3.63, 3.8) is 0 Å². The van der Waals surface area contributed by atoms with Crippen LogP contribution in [0.25, 0.3) is 0 Å². The molecule has 1 saturated carbocycles. The molecular weight excluding hydrogens is 268 g/mol. The smallest absolute Gasteiger partial charge is 0.418 e. The van der Waals surface area contributed by atoms with Crippen molar-refractivity contribution in [2.45, 2.75) is 44.8 Å².